The van der Waals surface area contributed by atoms with Gasteiger partial charge >= 0.3 is 12.0 Å². The Morgan fingerprint density at radius 2 is 2.08 bits per heavy atom. The molecule has 0 radical (unpaired) electrons. The number of hydrogen-bond acceptors (Lipinski definition) is 3. The minimum atomic E-state index is -0.427. The summed E-state index contributed by atoms with van der Waals surface area (Å²) < 4.78 is 7.04. The first-order valence-electron chi connectivity index (χ1n) is 8.52. The first-order valence-corrected chi connectivity index (χ1v) is 8.52. The molecule has 1 aliphatic rings. The quantitative estimate of drug-likeness (QED) is 0.869. The number of carbonyl (C=O) groups excluding carboxylic acids is 2. The number of esters is 1. The summed E-state index contributed by atoms with van der Waals surface area (Å²) in [5, 5.41) is 2.68. The zero-order valence-electron chi connectivity index (χ0n) is 14.6. The number of rotatable bonds is 4. The molecule has 1 N–H and O–H groups in total. The summed E-state index contributed by atoms with van der Waals surface area (Å²) in [5.41, 5.74) is 3.28. The summed E-state index contributed by atoms with van der Waals surface area (Å²) in [6, 6.07) is 11.8. The lowest BCUT2D eigenvalue weighted by Crippen LogP contribution is -2.48. The summed E-state index contributed by atoms with van der Waals surface area (Å²) in [6.45, 7) is 5.28. The van der Waals surface area contributed by atoms with Gasteiger partial charge in [0.05, 0.1) is 12.6 Å². The third kappa shape index (κ3) is 3.68. The molecule has 0 saturated carbocycles. The van der Waals surface area contributed by atoms with Gasteiger partial charge in [-0.3, -0.25) is 4.79 Å². The second kappa shape index (κ2) is 7.42. The Balaban J connectivity index is 1.84. The molecular formula is C19H23N3O3. The number of nitrogens with zero attached hydrogens (tertiary/aromatic N) is 2. The maximum absolute atomic E-state index is 12.7. The van der Waals surface area contributed by atoms with Crippen LogP contribution in [-0.2, 0) is 16.1 Å². The van der Waals surface area contributed by atoms with Crippen molar-refractivity contribution in [3.63, 3.8) is 0 Å². The normalized spacial score (nSPS) is 16.2. The molecular weight excluding hydrogens is 318 g/mol. The van der Waals surface area contributed by atoms with Gasteiger partial charge in [-0.1, -0.05) is 29.8 Å². The van der Waals surface area contributed by atoms with E-state index in [0.717, 1.165) is 23.4 Å². The number of nitrogens with one attached hydrogen (secondary N) is 1. The van der Waals surface area contributed by atoms with Gasteiger partial charge in [0, 0.05) is 25.0 Å². The molecule has 1 aromatic carbocycles. The molecule has 0 aliphatic carbocycles. The summed E-state index contributed by atoms with van der Waals surface area (Å²) in [4.78, 5) is 26.0. The fraction of sp³-hybridized carbons (Fsp3) is 0.368. The number of aryl methyl sites for hydroxylation is 1. The number of fused-ring (bicyclic) bond motifs is 1. The highest BCUT2D eigenvalue weighted by atomic mass is 16.5. The Morgan fingerprint density at radius 3 is 2.84 bits per heavy atom. The summed E-state index contributed by atoms with van der Waals surface area (Å²) >= 11 is 0. The van der Waals surface area contributed by atoms with Gasteiger partial charge < -0.3 is 19.5 Å². The van der Waals surface area contributed by atoms with Gasteiger partial charge in [0.1, 0.15) is 6.54 Å². The largest absolute Gasteiger partial charge is 0.465 e. The van der Waals surface area contributed by atoms with Crippen molar-refractivity contribution in [2.45, 2.75) is 26.4 Å². The zero-order valence-corrected chi connectivity index (χ0v) is 14.6. The molecule has 0 bridgehead atoms. The molecule has 2 amide bonds. The minimum absolute atomic E-state index is 0.120. The van der Waals surface area contributed by atoms with E-state index in [1.807, 2.05) is 43.5 Å². The number of amides is 2. The van der Waals surface area contributed by atoms with Gasteiger partial charge in [0.2, 0.25) is 0 Å². The minimum Gasteiger partial charge on any atom is -0.465 e. The van der Waals surface area contributed by atoms with E-state index in [9.17, 15) is 9.59 Å². The lowest BCUT2D eigenvalue weighted by atomic mass is 9.98. The number of ether oxygens (including phenoxy) is 1. The van der Waals surface area contributed by atoms with Gasteiger partial charge in [-0.15, -0.1) is 0 Å². The van der Waals surface area contributed by atoms with E-state index >= 15 is 0 Å². The molecule has 2 heterocycles. The van der Waals surface area contributed by atoms with Crippen molar-refractivity contribution < 1.29 is 14.3 Å². The number of benzene rings is 1. The smallest absolute Gasteiger partial charge is 0.325 e. The molecule has 6 heteroatoms. The van der Waals surface area contributed by atoms with Crippen LogP contribution < -0.4 is 5.32 Å². The molecule has 25 heavy (non-hydrogen) atoms. The topological polar surface area (TPSA) is 63.6 Å². The SMILES string of the molecule is CCOC(=O)CNC(=O)N1CCn2cccc2C1c1cccc(C)c1. The third-order valence-corrected chi connectivity index (χ3v) is 4.35. The average molecular weight is 341 g/mol. The maximum Gasteiger partial charge on any atom is 0.325 e. The Hall–Kier alpha value is -2.76. The van der Waals surface area contributed by atoms with Crippen LogP contribution in [0.4, 0.5) is 4.79 Å². The van der Waals surface area contributed by atoms with Crippen LogP contribution in [0.25, 0.3) is 0 Å². The predicted molar refractivity (Wildman–Crippen MR) is 94.2 cm³/mol. The van der Waals surface area contributed by atoms with Crippen molar-refractivity contribution in [3.8, 4) is 0 Å². The fourth-order valence-electron chi connectivity index (χ4n) is 3.25. The first-order chi connectivity index (χ1) is 12.1. The second-order valence-corrected chi connectivity index (χ2v) is 6.10. The van der Waals surface area contributed by atoms with Gasteiger partial charge in [-0.05, 0) is 31.5 Å². The van der Waals surface area contributed by atoms with E-state index in [0.29, 0.717) is 13.2 Å². The first kappa shape index (κ1) is 17.1. The molecule has 0 spiro atoms. The van der Waals surface area contributed by atoms with E-state index in [1.165, 1.54) is 0 Å². The number of urea groups is 1. The maximum atomic E-state index is 12.7. The monoisotopic (exact) mass is 341 g/mol. The molecule has 6 nitrogen and oxygen atoms in total. The van der Waals surface area contributed by atoms with E-state index in [4.69, 9.17) is 4.74 Å². The van der Waals surface area contributed by atoms with Crippen LogP contribution in [0, 0.1) is 6.92 Å². The Bertz CT molecular complexity index is 769. The van der Waals surface area contributed by atoms with Crippen LogP contribution in [0.5, 0.6) is 0 Å². The van der Waals surface area contributed by atoms with Crippen molar-refractivity contribution in [2.24, 2.45) is 0 Å². The summed E-state index contributed by atoms with van der Waals surface area (Å²) in [7, 11) is 0. The number of hydrogen-bond donors (Lipinski definition) is 1. The van der Waals surface area contributed by atoms with Crippen LogP contribution in [0.1, 0.15) is 29.8 Å². The van der Waals surface area contributed by atoms with Crippen molar-refractivity contribution in [2.75, 3.05) is 19.7 Å². The molecule has 1 aromatic heterocycles. The Kier molecular flexibility index (Phi) is 5.07. The van der Waals surface area contributed by atoms with Gasteiger partial charge in [0.15, 0.2) is 0 Å². The third-order valence-electron chi connectivity index (χ3n) is 4.35. The van der Waals surface area contributed by atoms with Crippen LogP contribution in [-0.4, -0.2) is 41.2 Å². The van der Waals surface area contributed by atoms with Crippen molar-refractivity contribution >= 4 is 12.0 Å². The van der Waals surface area contributed by atoms with Crippen molar-refractivity contribution in [1.29, 1.82) is 0 Å². The molecule has 2 aromatic rings. The molecule has 0 saturated heterocycles. The molecule has 0 fully saturated rings. The Labute approximate surface area is 147 Å². The highest BCUT2D eigenvalue weighted by Crippen LogP contribution is 2.32. The van der Waals surface area contributed by atoms with E-state index in [-0.39, 0.29) is 18.6 Å². The number of aromatic nitrogens is 1. The summed E-state index contributed by atoms with van der Waals surface area (Å²) in [6.07, 6.45) is 2.03. The number of carbonyl (C=O) groups is 2. The van der Waals surface area contributed by atoms with Gasteiger partial charge in [-0.2, -0.15) is 0 Å². The molecule has 132 valence electrons. The molecule has 3 rings (SSSR count). The van der Waals surface area contributed by atoms with E-state index in [1.54, 1.807) is 11.8 Å². The van der Waals surface area contributed by atoms with E-state index in [2.05, 4.69) is 16.0 Å². The van der Waals surface area contributed by atoms with Crippen LogP contribution in [0.2, 0.25) is 0 Å². The van der Waals surface area contributed by atoms with Gasteiger partial charge in [0.25, 0.3) is 0 Å². The zero-order chi connectivity index (χ0) is 17.8. The molecule has 1 aliphatic heterocycles. The summed E-state index contributed by atoms with van der Waals surface area (Å²) in [5.74, 6) is -0.427. The van der Waals surface area contributed by atoms with E-state index < -0.39 is 5.97 Å². The van der Waals surface area contributed by atoms with Crippen LogP contribution in [0.15, 0.2) is 42.6 Å². The second-order valence-electron chi connectivity index (χ2n) is 6.10. The van der Waals surface area contributed by atoms with Crippen molar-refractivity contribution in [3.05, 3.63) is 59.4 Å². The lowest BCUT2D eigenvalue weighted by Gasteiger charge is -2.37. The highest BCUT2D eigenvalue weighted by Gasteiger charge is 2.32. The standard InChI is InChI=1S/C19H23N3O3/c1-3-25-17(23)13-20-19(24)22-11-10-21-9-5-8-16(21)18(22)15-7-4-6-14(2)12-15/h4-9,12,18H,3,10-11,13H2,1-2H3,(H,20,24). The molecule has 1 unspecified atom stereocenters. The lowest BCUT2D eigenvalue weighted by molar-refractivity contribution is -0.141. The Morgan fingerprint density at radius 1 is 1.24 bits per heavy atom. The fourth-order valence-corrected chi connectivity index (χ4v) is 3.25. The molecule has 1 atom stereocenters. The van der Waals surface area contributed by atoms with Gasteiger partial charge in [-0.25, -0.2) is 4.79 Å². The van der Waals surface area contributed by atoms with Crippen LogP contribution >= 0.6 is 0 Å². The highest BCUT2D eigenvalue weighted by molar-refractivity contribution is 5.81. The predicted octanol–water partition coefficient (Wildman–Crippen LogP) is 2.47. The van der Waals surface area contributed by atoms with Crippen LogP contribution in [0.3, 0.4) is 0 Å². The average Bonchev–Trinajstić information content (AvgIpc) is 3.07. The van der Waals surface area contributed by atoms with Crippen molar-refractivity contribution in [1.82, 2.24) is 14.8 Å².